The van der Waals surface area contributed by atoms with E-state index in [1.165, 1.54) is 12.1 Å². The van der Waals surface area contributed by atoms with Crippen LogP contribution >= 0.6 is 15.9 Å². The molecule has 4 nitrogen and oxygen atoms in total. The van der Waals surface area contributed by atoms with E-state index in [9.17, 15) is 8.42 Å². The average Bonchev–Trinajstić information content (AvgIpc) is 2.64. The van der Waals surface area contributed by atoms with Gasteiger partial charge in [0.1, 0.15) is 5.75 Å². The SMILES string of the molecule is Cc1ccccc1O/C(=N\S(=O)(=O)c1ccc(Br)cc1)c1ccccc1. The third kappa shape index (κ3) is 4.39. The predicted molar refractivity (Wildman–Crippen MR) is 106 cm³/mol. The number of para-hydroxylation sites is 1. The first-order valence-electron chi connectivity index (χ1n) is 7.85. The molecule has 0 aromatic heterocycles. The number of hydrogen-bond donors (Lipinski definition) is 0. The maximum atomic E-state index is 12.7. The van der Waals surface area contributed by atoms with Crippen molar-refractivity contribution in [3.8, 4) is 5.75 Å². The fraction of sp³-hybridized carbons (Fsp3) is 0.0500. The van der Waals surface area contributed by atoms with Gasteiger partial charge in [-0.2, -0.15) is 8.42 Å². The number of sulfonamides is 1. The van der Waals surface area contributed by atoms with Crippen molar-refractivity contribution in [2.45, 2.75) is 11.8 Å². The van der Waals surface area contributed by atoms with Crippen LogP contribution in [0.2, 0.25) is 0 Å². The molecular formula is C20H16BrNO3S. The highest BCUT2D eigenvalue weighted by Crippen LogP contribution is 2.21. The molecule has 3 aromatic carbocycles. The number of rotatable bonds is 4. The largest absolute Gasteiger partial charge is 0.437 e. The van der Waals surface area contributed by atoms with E-state index in [0.29, 0.717) is 11.3 Å². The van der Waals surface area contributed by atoms with E-state index in [1.807, 2.05) is 31.2 Å². The number of aryl methyl sites for hydroxylation is 1. The molecule has 0 heterocycles. The van der Waals surface area contributed by atoms with Gasteiger partial charge in [0.25, 0.3) is 10.0 Å². The van der Waals surface area contributed by atoms with Crippen LogP contribution in [0.25, 0.3) is 0 Å². The second kappa shape index (κ2) is 7.85. The van der Waals surface area contributed by atoms with Gasteiger partial charge in [-0.3, -0.25) is 0 Å². The van der Waals surface area contributed by atoms with E-state index in [1.54, 1.807) is 42.5 Å². The Hall–Kier alpha value is -2.44. The maximum absolute atomic E-state index is 12.7. The van der Waals surface area contributed by atoms with Gasteiger partial charge in [-0.05, 0) is 55.0 Å². The van der Waals surface area contributed by atoms with Crippen LogP contribution in [0.15, 0.2) is 92.6 Å². The maximum Gasteiger partial charge on any atom is 0.285 e. The Balaban J connectivity index is 2.07. The Kier molecular flexibility index (Phi) is 5.54. The molecule has 26 heavy (non-hydrogen) atoms. The first-order chi connectivity index (χ1) is 12.5. The van der Waals surface area contributed by atoms with Crippen LogP contribution in [0.5, 0.6) is 5.75 Å². The summed E-state index contributed by atoms with van der Waals surface area (Å²) >= 11 is 3.30. The van der Waals surface area contributed by atoms with E-state index in [4.69, 9.17) is 4.74 Å². The molecule has 6 heteroatoms. The monoisotopic (exact) mass is 429 g/mol. The number of benzene rings is 3. The van der Waals surface area contributed by atoms with Crippen LogP contribution < -0.4 is 4.74 Å². The lowest BCUT2D eigenvalue weighted by atomic mass is 10.2. The summed E-state index contributed by atoms with van der Waals surface area (Å²) < 4.78 is 36.1. The Morgan fingerprint density at radius 1 is 0.885 bits per heavy atom. The number of hydrogen-bond acceptors (Lipinski definition) is 3. The molecule has 0 spiro atoms. The van der Waals surface area contributed by atoms with Crippen molar-refractivity contribution in [3.05, 3.63) is 94.5 Å². The van der Waals surface area contributed by atoms with Gasteiger partial charge in [0.05, 0.1) is 4.90 Å². The highest BCUT2D eigenvalue weighted by atomic mass is 79.9. The third-order valence-electron chi connectivity index (χ3n) is 3.64. The van der Waals surface area contributed by atoms with Crippen molar-refractivity contribution in [2.24, 2.45) is 4.40 Å². The fourth-order valence-corrected chi connectivity index (χ4v) is 3.47. The van der Waals surface area contributed by atoms with Crippen molar-refractivity contribution in [1.29, 1.82) is 0 Å². The van der Waals surface area contributed by atoms with Crippen molar-refractivity contribution in [3.63, 3.8) is 0 Å². The second-order valence-electron chi connectivity index (χ2n) is 5.56. The zero-order chi connectivity index (χ0) is 18.6. The zero-order valence-corrected chi connectivity index (χ0v) is 16.4. The molecule has 0 aliphatic heterocycles. The Labute approximate surface area is 161 Å². The average molecular weight is 430 g/mol. The van der Waals surface area contributed by atoms with Gasteiger partial charge in [0.15, 0.2) is 0 Å². The quantitative estimate of drug-likeness (QED) is 0.434. The number of ether oxygens (including phenoxy) is 1. The summed E-state index contributed by atoms with van der Waals surface area (Å²) in [5, 5.41) is 0. The zero-order valence-electron chi connectivity index (χ0n) is 14.0. The van der Waals surface area contributed by atoms with Crippen molar-refractivity contribution >= 4 is 31.9 Å². The highest BCUT2D eigenvalue weighted by Gasteiger charge is 2.17. The fourth-order valence-electron chi connectivity index (χ4n) is 2.25. The molecule has 0 bridgehead atoms. The van der Waals surface area contributed by atoms with Gasteiger partial charge in [-0.15, -0.1) is 4.40 Å². The van der Waals surface area contributed by atoms with Crippen LogP contribution in [0.1, 0.15) is 11.1 Å². The third-order valence-corrected chi connectivity index (χ3v) is 5.44. The van der Waals surface area contributed by atoms with Gasteiger partial charge >= 0.3 is 0 Å². The second-order valence-corrected chi connectivity index (χ2v) is 8.08. The topological polar surface area (TPSA) is 55.7 Å². The molecule has 0 atom stereocenters. The molecule has 0 aliphatic carbocycles. The standard InChI is InChI=1S/C20H16BrNO3S/c1-15-7-5-6-10-19(15)25-20(16-8-3-2-4-9-16)22-26(23,24)18-13-11-17(21)12-14-18/h2-14H,1H3/b22-20-. The smallest absolute Gasteiger partial charge is 0.285 e. The first-order valence-corrected chi connectivity index (χ1v) is 10.1. The Bertz CT molecular complexity index is 1030. The summed E-state index contributed by atoms with van der Waals surface area (Å²) in [6, 6.07) is 22.7. The van der Waals surface area contributed by atoms with E-state index in [-0.39, 0.29) is 10.8 Å². The molecule has 0 unspecified atom stereocenters. The van der Waals surface area contributed by atoms with Gasteiger partial charge in [-0.1, -0.05) is 52.3 Å². The van der Waals surface area contributed by atoms with Gasteiger partial charge in [0, 0.05) is 10.0 Å². The van der Waals surface area contributed by atoms with Crippen molar-refractivity contribution in [1.82, 2.24) is 0 Å². The van der Waals surface area contributed by atoms with E-state index in [2.05, 4.69) is 20.3 Å². The minimum absolute atomic E-state index is 0.0304. The van der Waals surface area contributed by atoms with Crippen LogP contribution in [0.3, 0.4) is 0 Å². The van der Waals surface area contributed by atoms with Crippen LogP contribution in [0.4, 0.5) is 0 Å². The Morgan fingerprint density at radius 2 is 1.50 bits per heavy atom. The minimum Gasteiger partial charge on any atom is -0.437 e. The molecule has 3 rings (SSSR count). The lowest BCUT2D eigenvalue weighted by Gasteiger charge is -2.11. The number of halogens is 1. The van der Waals surface area contributed by atoms with Crippen molar-refractivity contribution in [2.75, 3.05) is 0 Å². The molecule has 132 valence electrons. The number of nitrogens with zero attached hydrogens (tertiary/aromatic N) is 1. The molecule has 0 aliphatic rings. The molecule has 3 aromatic rings. The molecule has 0 amide bonds. The predicted octanol–water partition coefficient (Wildman–Crippen LogP) is 4.97. The lowest BCUT2D eigenvalue weighted by Crippen LogP contribution is -2.14. The van der Waals surface area contributed by atoms with Crippen LogP contribution in [-0.2, 0) is 10.0 Å². The molecule has 0 saturated heterocycles. The van der Waals surface area contributed by atoms with Gasteiger partial charge in [0.2, 0.25) is 5.90 Å². The summed E-state index contributed by atoms with van der Waals surface area (Å²) in [5.41, 5.74) is 1.47. The van der Waals surface area contributed by atoms with E-state index < -0.39 is 10.0 Å². The van der Waals surface area contributed by atoms with E-state index in [0.717, 1.165) is 10.0 Å². The van der Waals surface area contributed by atoms with Crippen LogP contribution in [0, 0.1) is 6.92 Å². The van der Waals surface area contributed by atoms with Crippen molar-refractivity contribution < 1.29 is 13.2 Å². The molecule has 0 radical (unpaired) electrons. The van der Waals surface area contributed by atoms with Gasteiger partial charge in [-0.25, -0.2) is 0 Å². The first kappa shape index (κ1) is 18.4. The van der Waals surface area contributed by atoms with Gasteiger partial charge < -0.3 is 4.74 Å². The van der Waals surface area contributed by atoms with Crippen LogP contribution in [-0.4, -0.2) is 14.3 Å². The summed E-state index contributed by atoms with van der Waals surface area (Å²) in [6.45, 7) is 1.89. The lowest BCUT2D eigenvalue weighted by molar-refractivity contribution is 0.546. The Morgan fingerprint density at radius 3 is 2.15 bits per heavy atom. The molecular weight excluding hydrogens is 414 g/mol. The summed E-state index contributed by atoms with van der Waals surface area (Å²) in [6.07, 6.45) is 0. The molecule has 0 fully saturated rings. The normalized spacial score (nSPS) is 12.0. The summed E-state index contributed by atoms with van der Waals surface area (Å²) in [5.74, 6) is 0.587. The minimum atomic E-state index is -3.92. The molecule has 0 saturated carbocycles. The highest BCUT2D eigenvalue weighted by molar-refractivity contribution is 9.10. The van der Waals surface area contributed by atoms with E-state index >= 15 is 0 Å². The summed E-state index contributed by atoms with van der Waals surface area (Å²) in [4.78, 5) is 0.0996. The molecule has 0 N–H and O–H groups in total. The summed E-state index contributed by atoms with van der Waals surface area (Å²) in [7, 11) is -3.92.